The van der Waals surface area contributed by atoms with E-state index in [1.54, 1.807) is 20.1 Å². The number of nitrogens with zero attached hydrogens (tertiary/aromatic N) is 2. The van der Waals surface area contributed by atoms with E-state index >= 15 is 0 Å². The van der Waals surface area contributed by atoms with Crippen LogP contribution in [0.2, 0.25) is 0 Å². The number of hydrogen-bond acceptors (Lipinski definition) is 4. The van der Waals surface area contributed by atoms with Gasteiger partial charge in [0.25, 0.3) is 0 Å². The van der Waals surface area contributed by atoms with E-state index in [1.807, 2.05) is 17.0 Å². The molecular weight excluding hydrogens is 256 g/mol. The second-order valence-electron chi connectivity index (χ2n) is 5.13. The van der Waals surface area contributed by atoms with Crippen LogP contribution < -0.4 is 4.74 Å². The van der Waals surface area contributed by atoms with Crippen LogP contribution >= 0.6 is 0 Å². The van der Waals surface area contributed by atoms with Gasteiger partial charge < -0.3 is 14.7 Å². The molecule has 1 saturated heterocycles. The molecule has 2 rings (SSSR count). The van der Waals surface area contributed by atoms with Gasteiger partial charge in [0.2, 0.25) is 5.91 Å². The van der Waals surface area contributed by atoms with Crippen molar-refractivity contribution >= 4 is 5.91 Å². The summed E-state index contributed by atoms with van der Waals surface area (Å²) in [5, 5.41) is 9.99. The lowest BCUT2D eigenvalue weighted by molar-refractivity contribution is -0.128. The highest BCUT2D eigenvalue weighted by Crippen LogP contribution is 2.24. The Labute approximate surface area is 119 Å². The van der Waals surface area contributed by atoms with Crippen LogP contribution in [0.5, 0.6) is 11.5 Å². The summed E-state index contributed by atoms with van der Waals surface area (Å²) in [5.41, 5.74) is 0.891. The van der Waals surface area contributed by atoms with Gasteiger partial charge in [0, 0.05) is 51.3 Å². The Hall–Kier alpha value is -1.75. The summed E-state index contributed by atoms with van der Waals surface area (Å²) < 4.78 is 5.08. The Balaban J connectivity index is 1.98. The van der Waals surface area contributed by atoms with Crippen molar-refractivity contribution in [2.24, 2.45) is 0 Å². The van der Waals surface area contributed by atoms with Crippen molar-refractivity contribution in [1.29, 1.82) is 0 Å². The molecule has 0 spiro atoms. The fraction of sp³-hybridized carbons (Fsp3) is 0.533. The van der Waals surface area contributed by atoms with Crippen molar-refractivity contribution in [3.8, 4) is 11.5 Å². The third kappa shape index (κ3) is 3.63. The zero-order chi connectivity index (χ0) is 14.5. The van der Waals surface area contributed by atoms with Crippen LogP contribution in [0.4, 0.5) is 0 Å². The zero-order valence-corrected chi connectivity index (χ0v) is 12.1. The van der Waals surface area contributed by atoms with E-state index in [1.165, 1.54) is 0 Å². The number of rotatable bonds is 3. The first-order valence-electron chi connectivity index (χ1n) is 6.94. The Bertz CT molecular complexity index is 476. The van der Waals surface area contributed by atoms with E-state index in [-0.39, 0.29) is 11.7 Å². The van der Waals surface area contributed by atoms with Crippen molar-refractivity contribution in [2.45, 2.75) is 19.9 Å². The molecule has 0 unspecified atom stereocenters. The number of carbonyl (C=O) groups is 1. The molecular formula is C15H22N2O3. The molecule has 1 amide bonds. The number of methoxy groups -OCH3 is 1. The molecule has 110 valence electrons. The van der Waals surface area contributed by atoms with Gasteiger partial charge in [0.1, 0.15) is 11.5 Å². The minimum atomic E-state index is 0.138. The molecule has 5 nitrogen and oxygen atoms in total. The molecule has 1 aliphatic rings. The largest absolute Gasteiger partial charge is 0.507 e. The number of benzene rings is 1. The lowest BCUT2D eigenvalue weighted by Crippen LogP contribution is -2.33. The SMILES string of the molecule is COc1ccc(CN2CCCN(C(C)=O)CC2)c(O)c1. The van der Waals surface area contributed by atoms with Crippen molar-refractivity contribution in [3.05, 3.63) is 23.8 Å². The molecule has 1 heterocycles. The van der Waals surface area contributed by atoms with Crippen molar-refractivity contribution in [3.63, 3.8) is 0 Å². The lowest BCUT2D eigenvalue weighted by Gasteiger charge is -2.21. The lowest BCUT2D eigenvalue weighted by atomic mass is 10.1. The van der Waals surface area contributed by atoms with Gasteiger partial charge in [0.05, 0.1) is 7.11 Å². The number of phenolic OH excluding ortho intramolecular Hbond substituents is 1. The van der Waals surface area contributed by atoms with Crippen LogP contribution in [-0.2, 0) is 11.3 Å². The fourth-order valence-corrected chi connectivity index (χ4v) is 2.49. The van der Waals surface area contributed by atoms with Gasteiger partial charge in [-0.15, -0.1) is 0 Å². The first-order valence-corrected chi connectivity index (χ1v) is 6.94. The quantitative estimate of drug-likeness (QED) is 0.909. The maximum atomic E-state index is 11.4. The standard InChI is InChI=1S/C15H22N2O3/c1-12(18)17-7-3-6-16(8-9-17)11-13-4-5-14(20-2)10-15(13)19/h4-5,10,19H,3,6-9,11H2,1-2H3. The van der Waals surface area contributed by atoms with Gasteiger partial charge >= 0.3 is 0 Å². The monoisotopic (exact) mass is 278 g/mol. The third-order valence-corrected chi connectivity index (χ3v) is 3.72. The molecule has 0 bridgehead atoms. The number of phenols is 1. The molecule has 1 aromatic carbocycles. The van der Waals surface area contributed by atoms with E-state index in [0.717, 1.165) is 38.2 Å². The summed E-state index contributed by atoms with van der Waals surface area (Å²) in [6, 6.07) is 5.38. The predicted octanol–water partition coefficient (Wildman–Crippen LogP) is 1.45. The van der Waals surface area contributed by atoms with Crippen LogP contribution in [0.15, 0.2) is 18.2 Å². The van der Waals surface area contributed by atoms with Crippen LogP contribution in [0.25, 0.3) is 0 Å². The predicted molar refractivity (Wildman–Crippen MR) is 76.8 cm³/mol. The van der Waals surface area contributed by atoms with Gasteiger partial charge in [-0.05, 0) is 12.5 Å². The van der Waals surface area contributed by atoms with Crippen LogP contribution in [0.3, 0.4) is 0 Å². The molecule has 0 atom stereocenters. The molecule has 5 heteroatoms. The number of ether oxygens (including phenoxy) is 1. The Morgan fingerprint density at radius 1 is 1.30 bits per heavy atom. The summed E-state index contributed by atoms with van der Waals surface area (Å²) in [7, 11) is 1.58. The Kier molecular flexibility index (Phi) is 4.84. The molecule has 0 aliphatic carbocycles. The summed E-state index contributed by atoms with van der Waals surface area (Å²) in [4.78, 5) is 15.5. The van der Waals surface area contributed by atoms with Crippen LogP contribution in [0, 0.1) is 0 Å². The Morgan fingerprint density at radius 2 is 2.10 bits per heavy atom. The topological polar surface area (TPSA) is 53.0 Å². The highest BCUT2D eigenvalue weighted by atomic mass is 16.5. The maximum absolute atomic E-state index is 11.4. The van der Waals surface area contributed by atoms with Crippen molar-refractivity contribution in [2.75, 3.05) is 33.3 Å². The molecule has 1 fully saturated rings. The van der Waals surface area contributed by atoms with E-state index in [4.69, 9.17) is 4.74 Å². The van der Waals surface area contributed by atoms with Gasteiger partial charge in [-0.25, -0.2) is 0 Å². The zero-order valence-electron chi connectivity index (χ0n) is 12.1. The summed E-state index contributed by atoms with van der Waals surface area (Å²) >= 11 is 0. The molecule has 0 aromatic heterocycles. The Morgan fingerprint density at radius 3 is 2.75 bits per heavy atom. The maximum Gasteiger partial charge on any atom is 0.219 e. The average Bonchev–Trinajstić information content (AvgIpc) is 2.66. The van der Waals surface area contributed by atoms with Crippen LogP contribution in [0.1, 0.15) is 18.9 Å². The van der Waals surface area contributed by atoms with E-state index in [0.29, 0.717) is 12.3 Å². The first kappa shape index (κ1) is 14.7. The normalized spacial score (nSPS) is 16.8. The van der Waals surface area contributed by atoms with Gasteiger partial charge in [-0.1, -0.05) is 6.07 Å². The molecule has 1 aromatic rings. The number of carbonyl (C=O) groups excluding carboxylic acids is 1. The molecule has 20 heavy (non-hydrogen) atoms. The molecule has 0 radical (unpaired) electrons. The van der Waals surface area contributed by atoms with Gasteiger partial charge in [-0.2, -0.15) is 0 Å². The van der Waals surface area contributed by atoms with Crippen molar-refractivity contribution in [1.82, 2.24) is 9.80 Å². The van der Waals surface area contributed by atoms with Gasteiger partial charge in [-0.3, -0.25) is 9.69 Å². The number of amides is 1. The average molecular weight is 278 g/mol. The molecule has 0 saturated carbocycles. The van der Waals surface area contributed by atoms with Crippen molar-refractivity contribution < 1.29 is 14.6 Å². The van der Waals surface area contributed by atoms with Crippen LogP contribution in [-0.4, -0.2) is 54.1 Å². The summed E-state index contributed by atoms with van der Waals surface area (Å²) in [6.07, 6.45) is 0.969. The molecule has 1 aliphatic heterocycles. The second-order valence-corrected chi connectivity index (χ2v) is 5.13. The number of hydrogen-bond donors (Lipinski definition) is 1. The summed E-state index contributed by atoms with van der Waals surface area (Å²) in [5.74, 6) is 1.06. The minimum Gasteiger partial charge on any atom is -0.507 e. The van der Waals surface area contributed by atoms with E-state index < -0.39 is 0 Å². The number of aromatic hydroxyl groups is 1. The highest BCUT2D eigenvalue weighted by Gasteiger charge is 2.17. The molecule has 1 N–H and O–H groups in total. The van der Waals surface area contributed by atoms with E-state index in [2.05, 4.69) is 4.90 Å². The second kappa shape index (κ2) is 6.61. The first-order chi connectivity index (χ1) is 9.60. The minimum absolute atomic E-state index is 0.138. The third-order valence-electron chi connectivity index (χ3n) is 3.72. The smallest absolute Gasteiger partial charge is 0.219 e. The van der Waals surface area contributed by atoms with E-state index in [9.17, 15) is 9.90 Å². The summed E-state index contributed by atoms with van der Waals surface area (Å²) in [6.45, 7) is 5.67. The van der Waals surface area contributed by atoms with Gasteiger partial charge in [0.15, 0.2) is 0 Å². The fourth-order valence-electron chi connectivity index (χ4n) is 2.49. The highest BCUT2D eigenvalue weighted by molar-refractivity contribution is 5.73.